The number of alkyl halides is 3. The number of aromatic nitrogens is 1. The van der Waals surface area contributed by atoms with Crippen molar-refractivity contribution < 1.29 is 42.8 Å². The molecule has 0 spiro atoms. The average Bonchev–Trinajstić information content (AvgIpc) is 2.82. The molecule has 0 fully saturated rings. The van der Waals surface area contributed by atoms with Gasteiger partial charge in [-0.25, -0.2) is 4.79 Å². The number of rotatable bonds is 3. The second kappa shape index (κ2) is 9.84. The summed E-state index contributed by atoms with van der Waals surface area (Å²) in [6.07, 6.45) is -3.23. The average molecular weight is 663 g/mol. The SMILES string of the molecule is Cc1[c-]c(-c2nccc3c2ccc2cc(-c4ccc(OC(=O)C(F)(F)F)cc4)ccc23)cc(C)c1.[Ir]. The van der Waals surface area contributed by atoms with Crippen LogP contribution in [0.5, 0.6) is 5.75 Å². The van der Waals surface area contributed by atoms with Crippen LogP contribution in [0.3, 0.4) is 0 Å². The van der Waals surface area contributed by atoms with Crippen molar-refractivity contribution in [2.24, 2.45) is 0 Å². The molecule has 0 bridgehead atoms. The Morgan fingerprint density at radius 1 is 0.833 bits per heavy atom. The van der Waals surface area contributed by atoms with Gasteiger partial charge in [-0.2, -0.15) is 13.2 Å². The zero-order valence-electron chi connectivity index (χ0n) is 19.2. The Hall–Kier alpha value is -3.54. The summed E-state index contributed by atoms with van der Waals surface area (Å²) in [6, 6.07) is 25.6. The Balaban J connectivity index is 0.00000304. The van der Waals surface area contributed by atoms with E-state index in [1.807, 2.05) is 37.3 Å². The molecule has 0 N–H and O–H groups in total. The minimum Gasteiger partial charge on any atom is -0.420 e. The Morgan fingerprint density at radius 3 is 2.22 bits per heavy atom. The number of fused-ring (bicyclic) bond motifs is 3. The molecule has 0 atom stereocenters. The van der Waals surface area contributed by atoms with Crippen LogP contribution in [0.2, 0.25) is 0 Å². The number of carbonyl (C=O) groups is 1. The molecule has 0 amide bonds. The summed E-state index contributed by atoms with van der Waals surface area (Å²) < 4.78 is 41.6. The van der Waals surface area contributed by atoms with E-state index in [0.29, 0.717) is 0 Å². The normalized spacial score (nSPS) is 11.4. The molecule has 183 valence electrons. The minimum absolute atomic E-state index is 0. The summed E-state index contributed by atoms with van der Waals surface area (Å²) in [5, 5.41) is 4.19. The van der Waals surface area contributed by atoms with Gasteiger partial charge in [-0.1, -0.05) is 50.2 Å². The second-order valence-corrected chi connectivity index (χ2v) is 8.42. The van der Waals surface area contributed by atoms with Crippen molar-refractivity contribution in [3.63, 3.8) is 0 Å². The van der Waals surface area contributed by atoms with Crippen LogP contribution in [0.25, 0.3) is 43.9 Å². The van der Waals surface area contributed by atoms with E-state index in [1.54, 1.807) is 18.3 Å². The van der Waals surface area contributed by atoms with Gasteiger partial charge in [0.25, 0.3) is 0 Å². The number of nitrogens with zero attached hydrogens (tertiary/aromatic N) is 1. The minimum atomic E-state index is -5.04. The van der Waals surface area contributed by atoms with E-state index < -0.39 is 12.1 Å². The summed E-state index contributed by atoms with van der Waals surface area (Å²) in [4.78, 5) is 15.7. The first-order valence-electron chi connectivity index (χ1n) is 10.9. The van der Waals surface area contributed by atoms with Gasteiger partial charge in [-0.05, 0) is 62.6 Å². The van der Waals surface area contributed by atoms with E-state index >= 15 is 0 Å². The topological polar surface area (TPSA) is 39.2 Å². The standard InChI is InChI=1S/C29H19F3NO2.Ir/c1-17-13-18(2)15-22(14-17)27-26-10-6-21-16-20(5-9-24(21)25(26)11-12-33-27)19-3-7-23(8-4-19)35-28(34)29(30,31)32;/h3-14,16H,1-2H3;/q-1;. The molecule has 4 aromatic carbocycles. The molecule has 0 aliphatic heterocycles. The second-order valence-electron chi connectivity index (χ2n) is 8.42. The van der Waals surface area contributed by atoms with Crippen molar-refractivity contribution in [2.45, 2.75) is 20.0 Å². The predicted molar refractivity (Wildman–Crippen MR) is 130 cm³/mol. The summed E-state index contributed by atoms with van der Waals surface area (Å²) in [5.74, 6) is -2.40. The fraction of sp³-hybridized carbons (Fsp3) is 0.103. The Labute approximate surface area is 219 Å². The van der Waals surface area contributed by atoms with Crippen LogP contribution in [-0.4, -0.2) is 17.1 Å². The quantitative estimate of drug-likeness (QED) is 0.0865. The van der Waals surface area contributed by atoms with E-state index in [0.717, 1.165) is 55.1 Å². The molecular weight excluding hydrogens is 644 g/mol. The third-order valence-electron chi connectivity index (χ3n) is 5.79. The maximum atomic E-state index is 12.4. The molecule has 0 saturated carbocycles. The summed E-state index contributed by atoms with van der Waals surface area (Å²) in [7, 11) is 0. The predicted octanol–water partition coefficient (Wildman–Crippen LogP) is 7.60. The van der Waals surface area contributed by atoms with Gasteiger partial charge < -0.3 is 9.72 Å². The number of ether oxygens (including phenoxy) is 1. The van der Waals surface area contributed by atoms with E-state index in [1.165, 1.54) is 12.1 Å². The first-order chi connectivity index (χ1) is 16.7. The molecule has 36 heavy (non-hydrogen) atoms. The maximum Gasteiger partial charge on any atom is 0.491 e. The first-order valence-corrected chi connectivity index (χ1v) is 10.9. The number of halogens is 3. The van der Waals surface area contributed by atoms with Crippen LogP contribution >= 0.6 is 0 Å². The molecule has 1 aromatic heterocycles. The van der Waals surface area contributed by atoms with Gasteiger partial charge in [0.05, 0.1) is 0 Å². The molecule has 1 heterocycles. The zero-order chi connectivity index (χ0) is 24.7. The van der Waals surface area contributed by atoms with Crippen LogP contribution in [-0.2, 0) is 24.9 Å². The van der Waals surface area contributed by atoms with E-state index in [4.69, 9.17) is 0 Å². The van der Waals surface area contributed by atoms with Crippen LogP contribution in [0.15, 0.2) is 79.0 Å². The number of aryl methyl sites for hydroxylation is 2. The Bertz CT molecular complexity index is 1570. The maximum absolute atomic E-state index is 12.4. The van der Waals surface area contributed by atoms with Gasteiger partial charge in [0.1, 0.15) is 5.75 Å². The molecule has 0 unspecified atom stereocenters. The van der Waals surface area contributed by atoms with Gasteiger partial charge in [-0.3, -0.25) is 0 Å². The molecule has 0 saturated heterocycles. The number of hydrogen-bond acceptors (Lipinski definition) is 3. The molecule has 3 nitrogen and oxygen atoms in total. The van der Waals surface area contributed by atoms with Gasteiger partial charge in [0.2, 0.25) is 0 Å². The van der Waals surface area contributed by atoms with Crippen molar-refractivity contribution in [1.29, 1.82) is 0 Å². The van der Waals surface area contributed by atoms with Crippen molar-refractivity contribution >= 4 is 27.5 Å². The molecule has 0 aliphatic carbocycles. The summed E-state index contributed by atoms with van der Waals surface area (Å²) in [5.41, 5.74) is 5.73. The Morgan fingerprint density at radius 2 is 1.53 bits per heavy atom. The van der Waals surface area contributed by atoms with Gasteiger partial charge in [0.15, 0.2) is 0 Å². The fourth-order valence-electron chi connectivity index (χ4n) is 4.29. The molecule has 5 rings (SSSR count). The fourth-order valence-corrected chi connectivity index (χ4v) is 4.29. The monoisotopic (exact) mass is 663 g/mol. The van der Waals surface area contributed by atoms with Crippen molar-refractivity contribution in [2.75, 3.05) is 0 Å². The third kappa shape index (κ3) is 5.03. The van der Waals surface area contributed by atoms with Crippen LogP contribution in [0, 0.1) is 19.9 Å². The van der Waals surface area contributed by atoms with Crippen LogP contribution in [0.4, 0.5) is 13.2 Å². The van der Waals surface area contributed by atoms with Gasteiger partial charge in [-0.15, -0.1) is 34.9 Å². The van der Waals surface area contributed by atoms with Crippen LogP contribution in [0.1, 0.15) is 11.1 Å². The largest absolute Gasteiger partial charge is 0.491 e. The number of pyridine rings is 1. The van der Waals surface area contributed by atoms with E-state index in [9.17, 15) is 18.0 Å². The summed E-state index contributed by atoms with van der Waals surface area (Å²) >= 11 is 0. The third-order valence-corrected chi connectivity index (χ3v) is 5.79. The number of benzene rings is 4. The molecule has 1 radical (unpaired) electrons. The van der Waals surface area contributed by atoms with Gasteiger partial charge in [0, 0.05) is 26.3 Å². The smallest absolute Gasteiger partial charge is 0.420 e. The number of hydrogen-bond donors (Lipinski definition) is 0. The molecule has 0 aliphatic rings. The van der Waals surface area contributed by atoms with E-state index in [2.05, 4.69) is 40.9 Å². The molecular formula is C29H19F3IrNO2-. The molecule has 7 heteroatoms. The van der Waals surface area contributed by atoms with Crippen molar-refractivity contribution in [3.8, 4) is 28.1 Å². The summed E-state index contributed by atoms with van der Waals surface area (Å²) in [6.45, 7) is 4.07. The van der Waals surface area contributed by atoms with Gasteiger partial charge >= 0.3 is 12.1 Å². The van der Waals surface area contributed by atoms with Crippen LogP contribution < -0.4 is 4.74 Å². The Kier molecular flexibility index (Phi) is 6.98. The zero-order valence-corrected chi connectivity index (χ0v) is 21.6. The van der Waals surface area contributed by atoms with Crippen molar-refractivity contribution in [1.82, 2.24) is 4.98 Å². The number of esters is 1. The molecule has 5 aromatic rings. The van der Waals surface area contributed by atoms with E-state index in [-0.39, 0.29) is 25.9 Å². The van der Waals surface area contributed by atoms with Crippen molar-refractivity contribution in [3.05, 3.63) is 96.2 Å². The first kappa shape index (κ1) is 25.5. The number of carbonyl (C=O) groups excluding carboxylic acids is 1.